The van der Waals surface area contributed by atoms with Gasteiger partial charge >= 0.3 is 0 Å². The number of ether oxygens (including phenoxy) is 2. The zero-order valence-electron chi connectivity index (χ0n) is 28.0. The molecule has 2 aliphatic heterocycles. The predicted molar refractivity (Wildman–Crippen MR) is 193 cm³/mol. The molecule has 1 atom stereocenters. The molecule has 6 heterocycles. The Morgan fingerprint density at radius 3 is 2.78 bits per heavy atom. The van der Waals surface area contributed by atoms with Crippen LogP contribution in [0.5, 0.6) is 5.88 Å². The number of carbonyl (C=O) groups is 1. The maximum Gasteiger partial charge on any atom is 0.255 e. The molecule has 0 saturated carbocycles. The monoisotopic (exact) mass is 721 g/mol. The highest BCUT2D eigenvalue weighted by molar-refractivity contribution is 6.30. The number of rotatable bonds is 10. The molecular weight excluding hydrogens is 687 g/mol. The van der Waals surface area contributed by atoms with Crippen molar-refractivity contribution in [1.82, 2.24) is 34.6 Å². The first-order chi connectivity index (χ1) is 24.7. The number of H-pyrrole nitrogens is 1. The minimum atomic E-state index is -0.444. The number of aromatic nitrogens is 6. The number of hydrogen-bond donors (Lipinski definition) is 2. The number of nitrogens with one attached hydrogen (secondary N) is 2. The van der Waals surface area contributed by atoms with E-state index in [4.69, 9.17) is 31.0 Å². The van der Waals surface area contributed by atoms with Crippen molar-refractivity contribution in [2.45, 2.75) is 57.0 Å². The van der Waals surface area contributed by atoms with Crippen molar-refractivity contribution in [3.63, 3.8) is 0 Å². The van der Waals surface area contributed by atoms with E-state index >= 15 is 0 Å². The third kappa shape index (κ3) is 7.11. The van der Waals surface area contributed by atoms with Crippen LogP contribution in [0.1, 0.15) is 58.3 Å². The second-order valence-corrected chi connectivity index (χ2v) is 14.6. The lowest BCUT2D eigenvalue weighted by molar-refractivity contribution is -0.0947. The smallest absolute Gasteiger partial charge is 0.255 e. The van der Waals surface area contributed by atoms with Gasteiger partial charge in [-0.2, -0.15) is 5.10 Å². The summed E-state index contributed by atoms with van der Waals surface area (Å²) in [6.07, 6.45) is 4.36. The number of carbonyl (C=O) groups excluding carboxylic acids is 1. The lowest BCUT2D eigenvalue weighted by Gasteiger charge is -2.39. The Bertz CT molecular complexity index is 2250. The molecule has 8 rings (SSSR count). The van der Waals surface area contributed by atoms with Gasteiger partial charge in [0, 0.05) is 58.1 Å². The maximum atomic E-state index is 14.2. The Labute approximate surface area is 302 Å². The Hall–Kier alpha value is -4.69. The summed E-state index contributed by atoms with van der Waals surface area (Å²) < 4.78 is 28.2. The van der Waals surface area contributed by atoms with Crippen LogP contribution < -0.4 is 10.1 Å². The van der Waals surface area contributed by atoms with Crippen molar-refractivity contribution in [1.29, 1.82) is 0 Å². The predicted octanol–water partition coefficient (Wildman–Crippen LogP) is 6.30. The van der Waals surface area contributed by atoms with E-state index in [1.165, 1.54) is 6.07 Å². The van der Waals surface area contributed by atoms with Crippen LogP contribution in [-0.2, 0) is 24.4 Å². The molecule has 11 nitrogen and oxygen atoms in total. The summed E-state index contributed by atoms with van der Waals surface area (Å²) in [6.45, 7) is 5.70. The van der Waals surface area contributed by atoms with Gasteiger partial charge in [0.1, 0.15) is 18.2 Å². The van der Waals surface area contributed by atoms with Gasteiger partial charge in [0.05, 0.1) is 44.9 Å². The summed E-state index contributed by atoms with van der Waals surface area (Å²) >= 11 is 5.88. The van der Waals surface area contributed by atoms with Crippen LogP contribution in [-0.4, -0.2) is 75.7 Å². The summed E-state index contributed by atoms with van der Waals surface area (Å²) in [5, 5.41) is 10.8. The number of piperidine rings is 1. The number of fused-ring (bicyclic) bond motifs is 2. The molecule has 2 fully saturated rings. The Morgan fingerprint density at radius 2 is 2.00 bits per heavy atom. The van der Waals surface area contributed by atoms with Crippen LogP contribution >= 0.6 is 11.6 Å². The summed E-state index contributed by atoms with van der Waals surface area (Å²) in [7, 11) is 3.86. The van der Waals surface area contributed by atoms with Crippen LogP contribution in [0, 0.1) is 12.7 Å². The van der Waals surface area contributed by atoms with E-state index in [0.29, 0.717) is 53.1 Å². The van der Waals surface area contributed by atoms with Gasteiger partial charge in [0.25, 0.3) is 5.91 Å². The molecule has 259 valence electrons. The molecular formula is C37H35ClFN8O3Si. The molecule has 2 N–H and O–H groups in total. The number of halogens is 2. The maximum absolute atomic E-state index is 14.2. The number of aromatic amines is 1. The van der Waals surface area contributed by atoms with E-state index < -0.39 is 11.0 Å². The molecule has 0 bridgehead atoms. The number of pyridine rings is 2. The van der Waals surface area contributed by atoms with Gasteiger partial charge in [-0.15, -0.1) is 0 Å². The van der Waals surface area contributed by atoms with E-state index in [0.717, 1.165) is 66.0 Å². The number of benzene rings is 2. The van der Waals surface area contributed by atoms with Crippen molar-refractivity contribution >= 4 is 55.5 Å². The summed E-state index contributed by atoms with van der Waals surface area (Å²) in [5.41, 5.74) is 5.69. The fourth-order valence-electron chi connectivity index (χ4n) is 6.75. The summed E-state index contributed by atoms with van der Waals surface area (Å²) in [5.74, 6) is 1.03. The van der Waals surface area contributed by atoms with Gasteiger partial charge in [0.15, 0.2) is 5.65 Å². The molecule has 2 aromatic carbocycles. The molecule has 3 radical (unpaired) electrons. The first-order valence-corrected chi connectivity index (χ1v) is 17.8. The average molecular weight is 722 g/mol. The quantitative estimate of drug-likeness (QED) is 0.158. The van der Waals surface area contributed by atoms with Gasteiger partial charge in [-0.3, -0.25) is 14.8 Å². The molecule has 6 aromatic rings. The third-order valence-electron chi connectivity index (χ3n) is 9.75. The molecule has 2 aliphatic rings. The van der Waals surface area contributed by atoms with Crippen molar-refractivity contribution in [3.05, 3.63) is 106 Å². The number of anilines is 1. The lowest BCUT2D eigenvalue weighted by atomic mass is 9.93. The van der Waals surface area contributed by atoms with Crippen molar-refractivity contribution in [2.24, 2.45) is 0 Å². The Morgan fingerprint density at radius 1 is 1.16 bits per heavy atom. The summed E-state index contributed by atoms with van der Waals surface area (Å²) in [6, 6.07) is 17.8. The standard InChI is InChI=1S/C37H35ClFN8O3Si/c1-22-28-17-27(18-40-35(28)45-44-22)41-36(48)24-6-8-32-31(15-24)42-33(47(32)21-37(51)11-14-50-37)19-46-12-9-23(10-13-46)30-3-2-4-34(43-30)49-20-25-5-7-26(38)16-29(25)39/h2-8,15-18,23H,9-14,19-21H2,1H3,(H,41,48)(H,40,44,45)/t37-/m1/s1. The Kier molecular flexibility index (Phi) is 9.05. The number of imidazole rings is 1. The third-order valence-corrected chi connectivity index (χ3v) is 10.5. The van der Waals surface area contributed by atoms with Crippen LogP contribution in [0.3, 0.4) is 0 Å². The van der Waals surface area contributed by atoms with Gasteiger partial charge in [-0.05, 0) is 81.7 Å². The summed E-state index contributed by atoms with van der Waals surface area (Å²) in [4.78, 5) is 29.9. The molecule has 1 amide bonds. The van der Waals surface area contributed by atoms with Crippen molar-refractivity contribution in [2.75, 3.05) is 25.0 Å². The number of amides is 1. The van der Waals surface area contributed by atoms with E-state index in [2.05, 4.69) is 40.2 Å². The highest BCUT2D eigenvalue weighted by Gasteiger charge is 2.35. The molecule has 2 saturated heterocycles. The van der Waals surface area contributed by atoms with E-state index in [-0.39, 0.29) is 18.4 Å². The van der Waals surface area contributed by atoms with Crippen LogP contribution in [0.4, 0.5) is 10.1 Å². The first kappa shape index (κ1) is 33.5. The lowest BCUT2D eigenvalue weighted by Crippen LogP contribution is -2.48. The zero-order chi connectivity index (χ0) is 35.1. The second kappa shape index (κ2) is 13.8. The van der Waals surface area contributed by atoms with Crippen LogP contribution in [0.2, 0.25) is 5.02 Å². The Balaban J connectivity index is 0.953. The van der Waals surface area contributed by atoms with Gasteiger partial charge in [-0.25, -0.2) is 19.3 Å². The van der Waals surface area contributed by atoms with E-state index in [9.17, 15) is 9.18 Å². The fraction of sp³-hybridized carbons (Fsp3) is 0.324. The minimum Gasteiger partial charge on any atom is -0.473 e. The number of hydrogen-bond acceptors (Lipinski definition) is 8. The molecule has 14 heteroatoms. The SMILES string of the molecule is Cc1[nH]nc2ncc(NC(=O)c3ccc4c(c3)nc(CN3CCC(c5cccc(OCc6ccc(Cl)cc6F)n5)CC3)n4C[C@]3([Si])CCO3)cc12. The van der Waals surface area contributed by atoms with Crippen molar-refractivity contribution < 1.29 is 18.7 Å². The molecule has 4 aromatic heterocycles. The minimum absolute atomic E-state index is 0.0746. The fourth-order valence-corrected chi connectivity index (χ4v) is 7.27. The number of likely N-dealkylation sites (tertiary alicyclic amines) is 1. The van der Waals surface area contributed by atoms with E-state index in [1.807, 2.05) is 43.3 Å². The molecule has 0 aliphatic carbocycles. The van der Waals surface area contributed by atoms with Crippen LogP contribution in [0.15, 0.2) is 66.9 Å². The molecule has 0 unspecified atom stereocenters. The second-order valence-electron chi connectivity index (χ2n) is 13.3. The van der Waals surface area contributed by atoms with Gasteiger partial charge in [0.2, 0.25) is 5.88 Å². The van der Waals surface area contributed by atoms with Crippen molar-refractivity contribution in [3.8, 4) is 5.88 Å². The first-order valence-electron chi connectivity index (χ1n) is 17.0. The number of nitrogens with zero attached hydrogens (tertiary/aromatic N) is 6. The highest BCUT2D eigenvalue weighted by atomic mass is 35.5. The largest absolute Gasteiger partial charge is 0.473 e. The molecule has 51 heavy (non-hydrogen) atoms. The topological polar surface area (TPSA) is 123 Å². The number of aryl methyl sites for hydroxylation is 1. The van der Waals surface area contributed by atoms with Crippen LogP contribution in [0.25, 0.3) is 22.1 Å². The average Bonchev–Trinajstić information content (AvgIpc) is 3.65. The zero-order valence-corrected chi connectivity index (χ0v) is 29.7. The van der Waals surface area contributed by atoms with Gasteiger partial charge in [-0.1, -0.05) is 23.7 Å². The normalized spacial score (nSPS) is 18.3. The highest BCUT2D eigenvalue weighted by Crippen LogP contribution is 2.32. The van der Waals surface area contributed by atoms with Gasteiger partial charge < -0.3 is 19.4 Å². The molecule has 0 spiro atoms. The van der Waals surface area contributed by atoms with E-state index in [1.54, 1.807) is 24.4 Å².